The first-order valence-corrected chi connectivity index (χ1v) is 8.09. The lowest BCUT2D eigenvalue weighted by atomic mass is 10.1. The number of nitrogens with zero attached hydrogens (tertiary/aromatic N) is 5. The monoisotopic (exact) mass is 321 g/mol. The van der Waals surface area contributed by atoms with Crippen molar-refractivity contribution in [2.24, 2.45) is 7.05 Å². The van der Waals surface area contributed by atoms with Gasteiger partial charge >= 0.3 is 0 Å². The average molecular weight is 321 g/mol. The van der Waals surface area contributed by atoms with Crippen LogP contribution >= 0.6 is 0 Å². The second kappa shape index (κ2) is 5.96. The van der Waals surface area contributed by atoms with E-state index in [9.17, 15) is 4.79 Å². The highest BCUT2D eigenvalue weighted by molar-refractivity contribution is 5.97. The van der Waals surface area contributed by atoms with Crippen molar-refractivity contribution in [1.82, 2.24) is 19.4 Å². The number of hydrogen-bond donors (Lipinski definition) is 0. The van der Waals surface area contributed by atoms with E-state index in [1.807, 2.05) is 52.9 Å². The number of carbonyl (C=O) groups excluding carboxylic acids is 1. The molecule has 1 fully saturated rings. The molecule has 2 aromatic heterocycles. The molecule has 1 aromatic carbocycles. The number of amides is 1. The van der Waals surface area contributed by atoms with Gasteiger partial charge in [0.2, 0.25) is 0 Å². The number of benzene rings is 1. The highest BCUT2D eigenvalue weighted by atomic mass is 16.2. The Hall–Kier alpha value is -2.89. The number of anilines is 1. The number of pyridine rings is 1. The highest BCUT2D eigenvalue weighted by Gasteiger charge is 2.23. The molecule has 0 atom stereocenters. The molecule has 0 saturated carbocycles. The fraction of sp³-hybridized carbons (Fsp3) is 0.278. The Bertz CT molecular complexity index is 866. The minimum Gasteiger partial charge on any atom is -0.353 e. The Morgan fingerprint density at radius 2 is 1.88 bits per heavy atom. The van der Waals surface area contributed by atoms with Gasteiger partial charge in [-0.3, -0.25) is 4.79 Å². The molecule has 1 aliphatic heterocycles. The van der Waals surface area contributed by atoms with Crippen LogP contribution in [0.5, 0.6) is 0 Å². The van der Waals surface area contributed by atoms with Crippen LogP contribution in [0.3, 0.4) is 0 Å². The Morgan fingerprint density at radius 1 is 1.04 bits per heavy atom. The van der Waals surface area contributed by atoms with E-state index in [-0.39, 0.29) is 5.91 Å². The molecule has 3 aromatic rings. The third-order valence-electron chi connectivity index (χ3n) is 4.51. The van der Waals surface area contributed by atoms with Crippen molar-refractivity contribution < 1.29 is 4.79 Å². The summed E-state index contributed by atoms with van der Waals surface area (Å²) in [5.41, 5.74) is 2.59. The highest BCUT2D eigenvalue weighted by Crippen LogP contribution is 2.18. The van der Waals surface area contributed by atoms with Crippen molar-refractivity contribution in [3.05, 3.63) is 54.5 Å². The molecule has 0 unspecified atom stereocenters. The molecule has 0 bridgehead atoms. The largest absolute Gasteiger partial charge is 0.353 e. The molecular formula is C18H19N5O. The van der Waals surface area contributed by atoms with Crippen molar-refractivity contribution >= 4 is 22.8 Å². The van der Waals surface area contributed by atoms with E-state index in [0.717, 1.165) is 29.9 Å². The summed E-state index contributed by atoms with van der Waals surface area (Å²) in [5.74, 6) is 1.04. The maximum absolute atomic E-state index is 12.8. The standard InChI is InChI=1S/C18H19N5O/c1-21-13-20-15-12-14(5-6-16(15)21)18(24)23-10-8-22(9-11-23)17-4-2-3-7-19-17/h2-7,12-13H,8-11H2,1H3. The van der Waals surface area contributed by atoms with Gasteiger partial charge in [0, 0.05) is 45.0 Å². The molecule has 1 saturated heterocycles. The van der Waals surface area contributed by atoms with Crippen molar-refractivity contribution in [3.8, 4) is 0 Å². The topological polar surface area (TPSA) is 54.3 Å². The van der Waals surface area contributed by atoms with Crippen LogP contribution in [0.25, 0.3) is 11.0 Å². The van der Waals surface area contributed by atoms with E-state index >= 15 is 0 Å². The maximum Gasteiger partial charge on any atom is 0.254 e. The predicted octanol–water partition coefficient (Wildman–Crippen LogP) is 1.93. The third-order valence-corrected chi connectivity index (χ3v) is 4.51. The molecular weight excluding hydrogens is 302 g/mol. The second-order valence-electron chi connectivity index (χ2n) is 6.03. The molecule has 6 nitrogen and oxygen atoms in total. The van der Waals surface area contributed by atoms with E-state index in [1.165, 1.54) is 0 Å². The van der Waals surface area contributed by atoms with Crippen LogP contribution in [0.4, 0.5) is 5.82 Å². The first-order chi connectivity index (χ1) is 11.7. The van der Waals surface area contributed by atoms with Crippen LogP contribution < -0.4 is 4.90 Å². The van der Waals surface area contributed by atoms with Gasteiger partial charge in [-0.05, 0) is 30.3 Å². The van der Waals surface area contributed by atoms with Crippen LogP contribution in [0.2, 0.25) is 0 Å². The molecule has 6 heteroatoms. The summed E-state index contributed by atoms with van der Waals surface area (Å²) in [6.07, 6.45) is 3.57. The summed E-state index contributed by atoms with van der Waals surface area (Å²) < 4.78 is 1.95. The van der Waals surface area contributed by atoms with Gasteiger partial charge in [-0.1, -0.05) is 6.07 Å². The van der Waals surface area contributed by atoms with E-state index in [1.54, 1.807) is 12.5 Å². The number of aromatic nitrogens is 3. The zero-order valence-electron chi connectivity index (χ0n) is 13.6. The predicted molar refractivity (Wildman–Crippen MR) is 93.1 cm³/mol. The molecule has 1 aliphatic rings. The molecule has 4 rings (SSSR count). The SMILES string of the molecule is Cn1cnc2cc(C(=O)N3CCN(c4ccccn4)CC3)ccc21. The average Bonchev–Trinajstić information content (AvgIpc) is 3.02. The smallest absolute Gasteiger partial charge is 0.254 e. The molecule has 0 aliphatic carbocycles. The minimum atomic E-state index is 0.0724. The van der Waals surface area contributed by atoms with Gasteiger partial charge in [0.1, 0.15) is 5.82 Å². The summed E-state index contributed by atoms with van der Waals surface area (Å²) in [6, 6.07) is 11.6. The van der Waals surface area contributed by atoms with Crippen molar-refractivity contribution in [2.45, 2.75) is 0 Å². The van der Waals surface area contributed by atoms with Crippen LogP contribution in [-0.2, 0) is 7.05 Å². The van der Waals surface area contributed by atoms with Crippen molar-refractivity contribution in [3.63, 3.8) is 0 Å². The van der Waals surface area contributed by atoms with Gasteiger partial charge in [0.05, 0.1) is 17.4 Å². The maximum atomic E-state index is 12.8. The van der Waals surface area contributed by atoms with Crippen molar-refractivity contribution in [2.75, 3.05) is 31.1 Å². The lowest BCUT2D eigenvalue weighted by Crippen LogP contribution is -2.49. The number of aryl methyl sites for hydroxylation is 1. The quantitative estimate of drug-likeness (QED) is 0.724. The number of hydrogen-bond acceptors (Lipinski definition) is 4. The lowest BCUT2D eigenvalue weighted by Gasteiger charge is -2.35. The van der Waals surface area contributed by atoms with E-state index in [0.29, 0.717) is 18.7 Å². The second-order valence-corrected chi connectivity index (χ2v) is 6.03. The zero-order chi connectivity index (χ0) is 16.5. The van der Waals surface area contributed by atoms with Gasteiger partial charge in [-0.2, -0.15) is 0 Å². The summed E-state index contributed by atoms with van der Waals surface area (Å²) in [4.78, 5) is 25.6. The number of rotatable bonds is 2. The van der Waals surface area contributed by atoms with Crippen LogP contribution in [0.15, 0.2) is 48.9 Å². The Labute approximate surface area is 140 Å². The third kappa shape index (κ3) is 2.60. The molecule has 24 heavy (non-hydrogen) atoms. The number of carbonyl (C=O) groups is 1. The molecule has 0 spiro atoms. The van der Waals surface area contributed by atoms with Gasteiger partial charge in [-0.25, -0.2) is 9.97 Å². The number of imidazole rings is 1. The lowest BCUT2D eigenvalue weighted by molar-refractivity contribution is 0.0746. The molecule has 0 N–H and O–H groups in total. The zero-order valence-corrected chi connectivity index (χ0v) is 13.6. The Balaban J connectivity index is 1.47. The number of piperazine rings is 1. The fourth-order valence-electron chi connectivity index (χ4n) is 3.13. The number of fused-ring (bicyclic) bond motifs is 1. The minimum absolute atomic E-state index is 0.0724. The first kappa shape index (κ1) is 14.7. The molecule has 0 radical (unpaired) electrons. The summed E-state index contributed by atoms with van der Waals surface area (Å²) >= 11 is 0. The summed E-state index contributed by atoms with van der Waals surface area (Å²) in [5, 5.41) is 0. The van der Waals surface area contributed by atoms with Crippen LogP contribution in [-0.4, -0.2) is 51.5 Å². The normalized spacial score (nSPS) is 15.0. The van der Waals surface area contributed by atoms with Crippen LogP contribution in [0.1, 0.15) is 10.4 Å². The van der Waals surface area contributed by atoms with E-state index < -0.39 is 0 Å². The van der Waals surface area contributed by atoms with E-state index in [2.05, 4.69) is 14.9 Å². The van der Waals surface area contributed by atoms with E-state index in [4.69, 9.17) is 0 Å². The van der Waals surface area contributed by atoms with Gasteiger partial charge in [0.25, 0.3) is 5.91 Å². The van der Waals surface area contributed by atoms with Gasteiger partial charge < -0.3 is 14.4 Å². The van der Waals surface area contributed by atoms with Gasteiger partial charge in [-0.15, -0.1) is 0 Å². The van der Waals surface area contributed by atoms with Crippen molar-refractivity contribution in [1.29, 1.82) is 0 Å². The summed E-state index contributed by atoms with van der Waals surface area (Å²) in [6.45, 7) is 3.01. The van der Waals surface area contributed by atoms with Crippen LogP contribution in [0, 0.1) is 0 Å². The Kier molecular flexibility index (Phi) is 3.65. The Morgan fingerprint density at radius 3 is 2.62 bits per heavy atom. The summed E-state index contributed by atoms with van der Waals surface area (Å²) in [7, 11) is 1.95. The molecule has 122 valence electrons. The molecule has 1 amide bonds. The van der Waals surface area contributed by atoms with Gasteiger partial charge in [0.15, 0.2) is 0 Å². The fourth-order valence-corrected chi connectivity index (χ4v) is 3.13. The first-order valence-electron chi connectivity index (χ1n) is 8.09. The molecule has 3 heterocycles.